The maximum absolute atomic E-state index is 11.0. The Hall–Kier alpha value is -2.02. The minimum absolute atomic E-state index is 0.104. The number of halogens is 1. The van der Waals surface area contributed by atoms with E-state index in [2.05, 4.69) is 38.1 Å². The molecule has 0 aliphatic rings. The van der Waals surface area contributed by atoms with Crippen LogP contribution in [0.2, 0.25) is 0 Å². The number of para-hydroxylation sites is 1. The van der Waals surface area contributed by atoms with Crippen LogP contribution in [-0.4, -0.2) is 14.9 Å². The van der Waals surface area contributed by atoms with Crippen LogP contribution in [0.4, 0.5) is 11.5 Å². The average molecular weight is 351 g/mol. The molecule has 0 fully saturated rings. The van der Waals surface area contributed by atoms with Gasteiger partial charge in [-0.15, -0.1) is 0 Å². The highest BCUT2D eigenvalue weighted by Crippen LogP contribution is 2.20. The van der Waals surface area contributed by atoms with E-state index in [-0.39, 0.29) is 10.6 Å². The van der Waals surface area contributed by atoms with Crippen LogP contribution in [-0.2, 0) is 13.0 Å². The maximum Gasteiger partial charge on any atom is 0.274 e. The van der Waals surface area contributed by atoms with Crippen LogP contribution < -0.4 is 5.32 Å². The van der Waals surface area contributed by atoms with Crippen LogP contribution in [0, 0.1) is 10.1 Å². The van der Waals surface area contributed by atoms with Gasteiger partial charge >= 0.3 is 0 Å². The first-order valence-electron chi connectivity index (χ1n) is 6.59. The Kier molecular flexibility index (Phi) is 5.21. The van der Waals surface area contributed by atoms with Gasteiger partial charge in [-0.1, -0.05) is 25.1 Å². The summed E-state index contributed by atoms with van der Waals surface area (Å²) in [6.45, 7) is 2.40. The lowest BCUT2D eigenvalue weighted by Crippen LogP contribution is -2.06. The molecule has 0 aliphatic carbocycles. The van der Waals surface area contributed by atoms with E-state index < -0.39 is 0 Å². The molecule has 0 atom stereocenters. The summed E-state index contributed by atoms with van der Waals surface area (Å²) in [6.07, 6.45) is 1.75. The number of aromatic nitrogens is 2. The zero-order valence-electron chi connectivity index (χ0n) is 11.5. The third-order valence-electron chi connectivity index (χ3n) is 2.86. The Bertz CT molecular complexity index is 649. The Balaban J connectivity index is 2.15. The largest absolute Gasteiger partial charge is 0.366 e. The lowest BCUT2D eigenvalue weighted by Gasteiger charge is -2.08. The van der Waals surface area contributed by atoms with E-state index in [1.54, 1.807) is 24.3 Å². The molecule has 0 amide bonds. The maximum atomic E-state index is 11.0. The highest BCUT2D eigenvalue weighted by molar-refractivity contribution is 9.10. The lowest BCUT2D eigenvalue weighted by molar-refractivity contribution is -0.385. The zero-order valence-corrected chi connectivity index (χ0v) is 13.1. The van der Waals surface area contributed by atoms with Crippen molar-refractivity contribution in [1.29, 1.82) is 0 Å². The first kappa shape index (κ1) is 15.4. The van der Waals surface area contributed by atoms with Crippen LogP contribution in [0.1, 0.15) is 24.7 Å². The van der Waals surface area contributed by atoms with Crippen molar-refractivity contribution in [2.45, 2.75) is 26.3 Å². The van der Waals surface area contributed by atoms with Crippen molar-refractivity contribution in [2.24, 2.45) is 0 Å². The molecule has 110 valence electrons. The summed E-state index contributed by atoms with van der Waals surface area (Å²) in [7, 11) is 0. The number of anilines is 1. The third kappa shape index (κ3) is 4.22. The summed E-state index contributed by atoms with van der Waals surface area (Å²) >= 11 is 3.35. The summed E-state index contributed by atoms with van der Waals surface area (Å²) in [5, 5.41) is 14.1. The van der Waals surface area contributed by atoms with E-state index in [1.165, 1.54) is 6.07 Å². The Morgan fingerprint density at radius 1 is 1.33 bits per heavy atom. The molecule has 1 N–H and O–H groups in total. The Labute approximate surface area is 130 Å². The molecule has 2 rings (SSSR count). The average Bonchev–Trinajstić information content (AvgIpc) is 2.45. The number of nitro groups is 1. The van der Waals surface area contributed by atoms with Crippen molar-refractivity contribution in [3.63, 3.8) is 0 Å². The van der Waals surface area contributed by atoms with Gasteiger partial charge in [0.05, 0.1) is 4.92 Å². The number of nitro benzene ring substituents is 1. The van der Waals surface area contributed by atoms with E-state index in [0.717, 1.165) is 18.7 Å². The molecule has 0 bridgehead atoms. The van der Waals surface area contributed by atoms with Gasteiger partial charge in [-0.05, 0) is 22.4 Å². The molecule has 6 nitrogen and oxygen atoms in total. The topological polar surface area (TPSA) is 81.0 Å². The first-order chi connectivity index (χ1) is 10.1. The molecule has 2 aromatic rings. The molecule has 21 heavy (non-hydrogen) atoms. The fourth-order valence-corrected chi connectivity index (χ4v) is 2.34. The summed E-state index contributed by atoms with van der Waals surface area (Å²) < 4.78 is 0.700. The standard InChI is InChI=1S/C14H15BrN4O2/c1-2-5-13-17-12(15)8-14(18-13)16-9-10-6-3-4-7-11(10)19(20)21/h3-4,6-8H,2,5,9H2,1H3,(H,16,17,18). The molecule has 1 aromatic carbocycles. The summed E-state index contributed by atoms with van der Waals surface area (Å²) in [5.74, 6) is 1.40. The Morgan fingerprint density at radius 2 is 2.10 bits per heavy atom. The second kappa shape index (κ2) is 7.12. The van der Waals surface area contributed by atoms with E-state index in [1.807, 2.05) is 0 Å². The predicted molar refractivity (Wildman–Crippen MR) is 84.2 cm³/mol. The van der Waals surface area contributed by atoms with Gasteiger partial charge in [-0.3, -0.25) is 10.1 Å². The van der Waals surface area contributed by atoms with Crippen molar-refractivity contribution in [2.75, 3.05) is 5.32 Å². The molecule has 0 radical (unpaired) electrons. The van der Waals surface area contributed by atoms with Gasteiger partial charge in [0.1, 0.15) is 16.2 Å². The number of benzene rings is 1. The smallest absolute Gasteiger partial charge is 0.274 e. The predicted octanol–water partition coefficient (Wildman–Crippen LogP) is 3.71. The van der Waals surface area contributed by atoms with Crippen LogP contribution in [0.3, 0.4) is 0 Å². The minimum Gasteiger partial charge on any atom is -0.366 e. The van der Waals surface area contributed by atoms with Crippen molar-refractivity contribution >= 4 is 27.4 Å². The molecule has 1 aromatic heterocycles. The normalized spacial score (nSPS) is 10.4. The molecule has 0 unspecified atom stereocenters. The summed E-state index contributed by atoms with van der Waals surface area (Å²) in [5.41, 5.74) is 0.723. The summed E-state index contributed by atoms with van der Waals surface area (Å²) in [6, 6.07) is 8.42. The molecule has 0 saturated heterocycles. The van der Waals surface area contributed by atoms with E-state index in [0.29, 0.717) is 22.5 Å². The van der Waals surface area contributed by atoms with E-state index in [9.17, 15) is 10.1 Å². The number of aryl methyl sites for hydroxylation is 1. The number of nitrogens with one attached hydrogen (secondary N) is 1. The van der Waals surface area contributed by atoms with Gasteiger partial charge < -0.3 is 5.32 Å². The molecule has 7 heteroatoms. The van der Waals surface area contributed by atoms with Gasteiger partial charge in [0.2, 0.25) is 0 Å². The van der Waals surface area contributed by atoms with Crippen LogP contribution in [0.25, 0.3) is 0 Å². The zero-order chi connectivity index (χ0) is 15.2. The van der Waals surface area contributed by atoms with Crippen molar-refractivity contribution in [1.82, 2.24) is 9.97 Å². The van der Waals surface area contributed by atoms with E-state index >= 15 is 0 Å². The van der Waals surface area contributed by atoms with Gasteiger partial charge in [0.25, 0.3) is 5.69 Å². The summed E-state index contributed by atoms with van der Waals surface area (Å²) in [4.78, 5) is 19.3. The number of nitrogens with zero attached hydrogens (tertiary/aromatic N) is 3. The highest BCUT2D eigenvalue weighted by Gasteiger charge is 2.12. The molecular formula is C14H15BrN4O2. The SMILES string of the molecule is CCCc1nc(Br)cc(NCc2ccccc2[N+](=O)[O-])n1. The second-order valence-electron chi connectivity index (χ2n) is 4.48. The lowest BCUT2D eigenvalue weighted by atomic mass is 10.2. The molecule has 1 heterocycles. The monoisotopic (exact) mass is 350 g/mol. The number of rotatable bonds is 6. The number of hydrogen-bond acceptors (Lipinski definition) is 5. The van der Waals surface area contributed by atoms with Crippen LogP contribution >= 0.6 is 15.9 Å². The highest BCUT2D eigenvalue weighted by atomic mass is 79.9. The number of hydrogen-bond donors (Lipinski definition) is 1. The fourth-order valence-electron chi connectivity index (χ4n) is 1.91. The minimum atomic E-state index is -0.380. The van der Waals surface area contributed by atoms with Crippen molar-refractivity contribution in [3.8, 4) is 0 Å². The van der Waals surface area contributed by atoms with Crippen LogP contribution in [0.5, 0.6) is 0 Å². The van der Waals surface area contributed by atoms with Crippen molar-refractivity contribution in [3.05, 3.63) is 56.4 Å². The molecule has 0 aliphatic heterocycles. The van der Waals surface area contributed by atoms with Gasteiger partial charge in [-0.2, -0.15) is 0 Å². The molecule has 0 spiro atoms. The van der Waals surface area contributed by atoms with Gasteiger partial charge in [-0.25, -0.2) is 9.97 Å². The second-order valence-corrected chi connectivity index (χ2v) is 5.29. The van der Waals surface area contributed by atoms with Crippen molar-refractivity contribution < 1.29 is 4.92 Å². The van der Waals surface area contributed by atoms with E-state index in [4.69, 9.17) is 0 Å². The fraction of sp³-hybridized carbons (Fsp3) is 0.286. The third-order valence-corrected chi connectivity index (χ3v) is 3.27. The molecular weight excluding hydrogens is 336 g/mol. The van der Waals surface area contributed by atoms with Gasteiger partial charge in [0, 0.05) is 30.7 Å². The quantitative estimate of drug-likeness (QED) is 0.487. The Morgan fingerprint density at radius 3 is 2.81 bits per heavy atom. The molecule has 0 saturated carbocycles. The first-order valence-corrected chi connectivity index (χ1v) is 7.39. The van der Waals surface area contributed by atoms with Crippen LogP contribution in [0.15, 0.2) is 34.9 Å². The van der Waals surface area contributed by atoms with Gasteiger partial charge in [0.15, 0.2) is 0 Å².